The Morgan fingerprint density at radius 1 is 1.33 bits per heavy atom. The Morgan fingerprint density at radius 2 is 2.00 bits per heavy atom. The van der Waals surface area contributed by atoms with Gasteiger partial charge in [0.05, 0.1) is 13.0 Å². The number of hydrogen-bond acceptors (Lipinski definition) is 3. The Morgan fingerprint density at radius 3 is 2.58 bits per heavy atom. The van der Waals surface area contributed by atoms with Crippen molar-refractivity contribution in [3.63, 3.8) is 0 Å². The maximum absolute atomic E-state index is 10.9. The molecule has 0 N–H and O–H groups in total. The van der Waals surface area contributed by atoms with Gasteiger partial charge in [-0.25, -0.2) is 4.79 Å². The molecule has 4 heteroatoms. The van der Waals surface area contributed by atoms with E-state index in [9.17, 15) is 14.4 Å². The zero-order valence-corrected chi connectivity index (χ0v) is 6.40. The Labute approximate surface area is 68.9 Å². The van der Waals surface area contributed by atoms with Crippen LogP contribution in [-0.2, 0) is 14.4 Å². The molecule has 2 radical (unpaired) electrons. The zero-order chi connectivity index (χ0) is 9.14. The lowest BCUT2D eigenvalue weighted by Gasteiger charge is -1.91. The van der Waals surface area contributed by atoms with Crippen LogP contribution in [0.5, 0.6) is 0 Å². The standard InChI is InChI=1S/C8H6NO3/c1-5(10)9-7-4-6(11)2-3-8(7)12/h2-4H,1H3/q+1. The van der Waals surface area contributed by atoms with Gasteiger partial charge in [-0.3, -0.25) is 9.59 Å². The van der Waals surface area contributed by atoms with E-state index in [2.05, 4.69) is 5.32 Å². The predicted octanol–water partition coefficient (Wildman–Crippen LogP) is -0.271. The van der Waals surface area contributed by atoms with Crippen molar-refractivity contribution in [3.05, 3.63) is 23.9 Å². The van der Waals surface area contributed by atoms with Gasteiger partial charge in [0.15, 0.2) is 11.1 Å². The van der Waals surface area contributed by atoms with Gasteiger partial charge in [0.2, 0.25) is 0 Å². The molecule has 0 atom stereocenters. The van der Waals surface area contributed by atoms with Crippen molar-refractivity contribution in [2.24, 2.45) is 0 Å². The van der Waals surface area contributed by atoms with E-state index in [1.807, 2.05) is 0 Å². The maximum Gasteiger partial charge on any atom is 0.425 e. The summed E-state index contributed by atoms with van der Waals surface area (Å²) in [7, 11) is 0. The van der Waals surface area contributed by atoms with E-state index in [1.165, 1.54) is 6.92 Å². The average molecular weight is 164 g/mol. The van der Waals surface area contributed by atoms with E-state index in [0.29, 0.717) is 0 Å². The summed E-state index contributed by atoms with van der Waals surface area (Å²) < 4.78 is 0. The summed E-state index contributed by atoms with van der Waals surface area (Å²) in [6.07, 6.45) is 3.29. The predicted molar refractivity (Wildman–Crippen MR) is 40.1 cm³/mol. The fourth-order valence-corrected chi connectivity index (χ4v) is 0.754. The molecule has 0 saturated heterocycles. The molecular weight excluding hydrogens is 158 g/mol. The van der Waals surface area contributed by atoms with Gasteiger partial charge in [-0.05, 0) is 12.2 Å². The molecule has 0 aromatic heterocycles. The van der Waals surface area contributed by atoms with Gasteiger partial charge in [0, 0.05) is 0 Å². The molecule has 1 aliphatic rings. The van der Waals surface area contributed by atoms with Gasteiger partial charge in [-0.15, -0.1) is 0 Å². The molecule has 0 heterocycles. The Hall–Kier alpha value is -1.55. The van der Waals surface area contributed by atoms with E-state index in [4.69, 9.17) is 0 Å². The molecule has 1 rings (SSSR count). The molecule has 0 unspecified atom stereocenters. The van der Waals surface area contributed by atoms with Gasteiger partial charge >= 0.3 is 11.6 Å². The van der Waals surface area contributed by atoms with Crippen molar-refractivity contribution >= 4 is 17.5 Å². The number of allylic oxidation sites excluding steroid dienone is 3. The number of amides is 1. The molecule has 0 saturated carbocycles. The van der Waals surface area contributed by atoms with Crippen molar-refractivity contribution in [3.8, 4) is 0 Å². The van der Waals surface area contributed by atoms with E-state index in [-0.39, 0.29) is 11.5 Å². The van der Waals surface area contributed by atoms with E-state index >= 15 is 0 Å². The van der Waals surface area contributed by atoms with Gasteiger partial charge in [-0.1, -0.05) is 0 Å². The molecule has 0 bridgehead atoms. The summed E-state index contributed by atoms with van der Waals surface area (Å²) in [4.78, 5) is 32.1. The number of ketones is 2. The minimum Gasteiger partial charge on any atom is -0.290 e. The van der Waals surface area contributed by atoms with Crippen molar-refractivity contribution in [2.75, 3.05) is 0 Å². The molecule has 0 aromatic carbocycles. The molecule has 0 aliphatic heterocycles. The molecule has 1 aliphatic carbocycles. The second-order valence-electron chi connectivity index (χ2n) is 2.26. The SMILES string of the molecule is CC(=O)[N+]C1=CC(=O)C=CC1=O. The van der Waals surface area contributed by atoms with Crippen molar-refractivity contribution < 1.29 is 14.4 Å². The number of carbonyl (C=O) groups excluding carboxylic acids is 3. The number of carbonyl (C=O) groups is 3. The summed E-state index contributed by atoms with van der Waals surface area (Å²) in [5, 5.41) is 3.37. The first-order chi connectivity index (χ1) is 5.59. The molecule has 60 valence electrons. The third-order valence-electron chi connectivity index (χ3n) is 1.21. The first-order valence-electron chi connectivity index (χ1n) is 3.30. The third kappa shape index (κ3) is 1.96. The van der Waals surface area contributed by atoms with E-state index in [0.717, 1.165) is 18.2 Å². The third-order valence-corrected chi connectivity index (χ3v) is 1.21. The van der Waals surface area contributed by atoms with Crippen molar-refractivity contribution in [2.45, 2.75) is 6.92 Å². The van der Waals surface area contributed by atoms with E-state index < -0.39 is 11.7 Å². The second-order valence-corrected chi connectivity index (χ2v) is 2.26. The van der Waals surface area contributed by atoms with Crippen LogP contribution in [0.15, 0.2) is 23.9 Å². The van der Waals surface area contributed by atoms with Gasteiger partial charge in [0.25, 0.3) is 5.78 Å². The fraction of sp³-hybridized carbons (Fsp3) is 0.125. The first-order valence-corrected chi connectivity index (χ1v) is 3.30. The highest BCUT2D eigenvalue weighted by Crippen LogP contribution is 2.02. The van der Waals surface area contributed by atoms with Crippen LogP contribution >= 0.6 is 0 Å². The normalized spacial score (nSPS) is 16.2. The lowest BCUT2D eigenvalue weighted by molar-refractivity contribution is -0.120. The van der Waals surface area contributed by atoms with Gasteiger partial charge in [0.1, 0.15) is 0 Å². The molecule has 1 amide bonds. The molecule has 4 nitrogen and oxygen atoms in total. The quantitative estimate of drug-likeness (QED) is 0.501. The number of hydrogen-bond donors (Lipinski definition) is 0. The van der Waals surface area contributed by atoms with Crippen LogP contribution in [0.4, 0.5) is 0 Å². The summed E-state index contributed by atoms with van der Waals surface area (Å²) in [6.45, 7) is 1.22. The van der Waals surface area contributed by atoms with Crippen molar-refractivity contribution in [1.82, 2.24) is 5.32 Å². The highest BCUT2D eigenvalue weighted by Gasteiger charge is 2.28. The van der Waals surface area contributed by atoms with Crippen LogP contribution in [0.1, 0.15) is 6.92 Å². The Balaban J connectivity index is 2.81. The highest BCUT2D eigenvalue weighted by molar-refractivity contribution is 6.18. The van der Waals surface area contributed by atoms with Crippen molar-refractivity contribution in [1.29, 1.82) is 0 Å². The maximum atomic E-state index is 10.9. The van der Waals surface area contributed by atoms with Gasteiger partial charge < -0.3 is 0 Å². The average Bonchev–Trinajstić information content (AvgIpc) is 1.96. The molecule has 0 aromatic rings. The number of nitrogens with zero attached hydrogens (tertiary/aromatic N) is 1. The zero-order valence-electron chi connectivity index (χ0n) is 6.40. The summed E-state index contributed by atoms with van der Waals surface area (Å²) in [6, 6.07) is 0. The lowest BCUT2D eigenvalue weighted by atomic mass is 10.1. The smallest absolute Gasteiger partial charge is 0.290 e. The van der Waals surface area contributed by atoms with Crippen LogP contribution in [0.25, 0.3) is 0 Å². The number of rotatable bonds is 1. The minimum absolute atomic E-state index is 0.0880. The Kier molecular flexibility index (Phi) is 2.30. The topological polar surface area (TPSA) is 65.3 Å². The molecule has 0 spiro atoms. The largest absolute Gasteiger partial charge is 0.425 e. The summed E-state index contributed by atoms with van der Waals surface area (Å²) in [5.74, 6) is -1.22. The monoisotopic (exact) mass is 164 g/mol. The summed E-state index contributed by atoms with van der Waals surface area (Å²) >= 11 is 0. The van der Waals surface area contributed by atoms with Crippen LogP contribution < -0.4 is 5.32 Å². The van der Waals surface area contributed by atoms with Gasteiger partial charge in [-0.2, -0.15) is 0 Å². The van der Waals surface area contributed by atoms with E-state index in [1.54, 1.807) is 0 Å². The summed E-state index contributed by atoms with van der Waals surface area (Å²) in [5.41, 5.74) is -0.0880. The molecular formula is C8H6NO3+. The second kappa shape index (κ2) is 3.23. The molecule has 0 fully saturated rings. The minimum atomic E-state index is -0.488. The highest BCUT2D eigenvalue weighted by atomic mass is 16.2. The fourth-order valence-electron chi connectivity index (χ4n) is 0.754. The lowest BCUT2D eigenvalue weighted by Crippen LogP contribution is -2.20. The Bertz CT molecular complexity index is 312. The van der Waals surface area contributed by atoms with Crippen LogP contribution in [0.2, 0.25) is 0 Å². The first kappa shape index (κ1) is 8.55. The van der Waals surface area contributed by atoms with Crippen LogP contribution in [0.3, 0.4) is 0 Å². The van der Waals surface area contributed by atoms with Crippen LogP contribution in [-0.4, -0.2) is 17.5 Å². The molecule has 12 heavy (non-hydrogen) atoms. The van der Waals surface area contributed by atoms with Crippen LogP contribution in [0, 0.1) is 0 Å².